The molecule has 2 heterocycles. The van der Waals surface area contributed by atoms with Gasteiger partial charge in [0.1, 0.15) is 5.75 Å². The van der Waals surface area contributed by atoms with Crippen molar-refractivity contribution in [2.24, 2.45) is 0 Å². The second-order valence-corrected chi connectivity index (χ2v) is 7.20. The Morgan fingerprint density at radius 2 is 1.68 bits per heavy atom. The first-order valence-electron chi connectivity index (χ1n) is 9.98. The summed E-state index contributed by atoms with van der Waals surface area (Å²) in [6.45, 7) is 1.23. The molecule has 0 amide bonds. The van der Waals surface area contributed by atoms with Crippen molar-refractivity contribution in [2.45, 2.75) is 19.3 Å². The number of halogens is 3. The Balaban J connectivity index is 0.000000406. The third-order valence-corrected chi connectivity index (χ3v) is 4.73. The fraction of sp³-hybridized carbons (Fsp3) is 0.125. The van der Waals surface area contributed by atoms with Gasteiger partial charge in [0.05, 0.1) is 12.1 Å². The Morgan fingerprint density at radius 3 is 2.32 bits per heavy atom. The number of anilines is 1. The van der Waals surface area contributed by atoms with Crippen molar-refractivity contribution >= 4 is 22.6 Å². The van der Waals surface area contributed by atoms with E-state index in [0.29, 0.717) is 13.1 Å². The van der Waals surface area contributed by atoms with Crippen LogP contribution in [0.5, 0.6) is 5.75 Å². The van der Waals surface area contributed by atoms with E-state index in [1.54, 1.807) is 41.2 Å². The van der Waals surface area contributed by atoms with Gasteiger partial charge in [-0.3, -0.25) is 9.78 Å². The SMILES string of the molecule is O=C(O)C(F)(F)F.O=c1ccccn1Cc1ccc(CNc2ccnc3cc(O)ccc23)cc1. The van der Waals surface area contributed by atoms with Gasteiger partial charge in [-0.25, -0.2) is 4.79 Å². The molecule has 2 aromatic carbocycles. The predicted molar refractivity (Wildman–Crippen MR) is 121 cm³/mol. The molecule has 0 spiro atoms. The molecule has 7 nitrogen and oxygen atoms in total. The van der Waals surface area contributed by atoms with Crippen molar-refractivity contribution in [3.63, 3.8) is 0 Å². The van der Waals surface area contributed by atoms with Crippen LogP contribution in [0.25, 0.3) is 10.9 Å². The quantitative estimate of drug-likeness (QED) is 0.399. The van der Waals surface area contributed by atoms with E-state index in [-0.39, 0.29) is 11.3 Å². The van der Waals surface area contributed by atoms with Crippen LogP contribution in [0.1, 0.15) is 11.1 Å². The second-order valence-electron chi connectivity index (χ2n) is 7.20. The number of phenols is 1. The first-order valence-corrected chi connectivity index (χ1v) is 9.98. The number of rotatable bonds is 5. The third kappa shape index (κ3) is 6.58. The number of carboxylic acids is 1. The molecule has 4 rings (SSSR count). The number of carboxylic acid groups (broad SMARTS) is 1. The number of alkyl halides is 3. The monoisotopic (exact) mass is 471 g/mol. The number of pyridine rings is 2. The summed E-state index contributed by atoms with van der Waals surface area (Å²) in [4.78, 5) is 25.0. The van der Waals surface area contributed by atoms with Gasteiger partial charge in [0.25, 0.3) is 5.56 Å². The molecule has 0 saturated carbocycles. The summed E-state index contributed by atoms with van der Waals surface area (Å²) in [7, 11) is 0. The maximum absolute atomic E-state index is 11.8. The molecule has 0 radical (unpaired) electrons. The van der Waals surface area contributed by atoms with Crippen molar-refractivity contribution in [1.29, 1.82) is 0 Å². The lowest BCUT2D eigenvalue weighted by Crippen LogP contribution is -2.21. The highest BCUT2D eigenvalue weighted by atomic mass is 19.4. The van der Waals surface area contributed by atoms with Gasteiger partial charge in [-0.2, -0.15) is 13.2 Å². The summed E-state index contributed by atoms with van der Waals surface area (Å²) < 4.78 is 33.4. The van der Waals surface area contributed by atoms with Crippen molar-refractivity contribution in [3.05, 3.63) is 101 Å². The van der Waals surface area contributed by atoms with Crippen LogP contribution >= 0.6 is 0 Å². The van der Waals surface area contributed by atoms with E-state index in [4.69, 9.17) is 9.90 Å². The lowest BCUT2D eigenvalue weighted by atomic mass is 10.1. The fourth-order valence-electron chi connectivity index (χ4n) is 3.04. The number of aromatic hydroxyl groups is 1. The van der Waals surface area contributed by atoms with Gasteiger partial charge in [0, 0.05) is 42.1 Å². The molecule has 34 heavy (non-hydrogen) atoms. The van der Waals surface area contributed by atoms with Gasteiger partial charge < -0.3 is 20.1 Å². The molecule has 0 aliphatic carbocycles. The van der Waals surface area contributed by atoms with Crippen LogP contribution in [-0.2, 0) is 17.9 Å². The van der Waals surface area contributed by atoms with Gasteiger partial charge in [0.15, 0.2) is 0 Å². The zero-order valence-electron chi connectivity index (χ0n) is 17.7. The third-order valence-electron chi connectivity index (χ3n) is 4.73. The van der Waals surface area contributed by atoms with Crippen LogP contribution < -0.4 is 10.9 Å². The second kappa shape index (κ2) is 10.5. The maximum Gasteiger partial charge on any atom is 0.490 e. The van der Waals surface area contributed by atoms with Crippen LogP contribution in [0.15, 0.2) is 83.9 Å². The summed E-state index contributed by atoms with van der Waals surface area (Å²) >= 11 is 0. The number of fused-ring (bicyclic) bond motifs is 1. The first-order chi connectivity index (χ1) is 16.1. The molecule has 176 valence electrons. The topological polar surface area (TPSA) is 104 Å². The van der Waals surface area contributed by atoms with Gasteiger partial charge >= 0.3 is 12.1 Å². The highest BCUT2D eigenvalue weighted by Gasteiger charge is 2.38. The van der Waals surface area contributed by atoms with E-state index in [0.717, 1.165) is 27.7 Å². The van der Waals surface area contributed by atoms with Crippen molar-refractivity contribution in [1.82, 2.24) is 9.55 Å². The Morgan fingerprint density at radius 1 is 1.00 bits per heavy atom. The summed E-state index contributed by atoms with van der Waals surface area (Å²) in [5, 5.41) is 21.1. The lowest BCUT2D eigenvalue weighted by Gasteiger charge is -2.11. The van der Waals surface area contributed by atoms with Crippen molar-refractivity contribution < 1.29 is 28.2 Å². The molecule has 0 atom stereocenters. The van der Waals surface area contributed by atoms with E-state index in [2.05, 4.69) is 22.4 Å². The molecular weight excluding hydrogens is 451 g/mol. The van der Waals surface area contributed by atoms with Crippen LogP contribution in [0.3, 0.4) is 0 Å². The van der Waals surface area contributed by atoms with Gasteiger partial charge in [-0.05, 0) is 35.4 Å². The molecule has 4 aromatic rings. The average Bonchev–Trinajstić information content (AvgIpc) is 2.79. The highest BCUT2D eigenvalue weighted by Crippen LogP contribution is 2.25. The molecular formula is C24H20F3N3O4. The largest absolute Gasteiger partial charge is 0.508 e. The molecule has 0 aliphatic rings. The molecule has 0 saturated heterocycles. The number of nitrogens with zero attached hydrogens (tertiary/aromatic N) is 2. The van der Waals surface area contributed by atoms with Gasteiger partial charge in [-0.1, -0.05) is 30.3 Å². The van der Waals surface area contributed by atoms with Crippen LogP contribution in [0.2, 0.25) is 0 Å². The normalized spacial score (nSPS) is 10.9. The van der Waals surface area contributed by atoms with Crippen molar-refractivity contribution in [3.8, 4) is 5.75 Å². The first kappa shape index (κ1) is 24.3. The van der Waals surface area contributed by atoms with E-state index >= 15 is 0 Å². The number of aliphatic carboxylic acids is 1. The van der Waals surface area contributed by atoms with Gasteiger partial charge in [-0.15, -0.1) is 0 Å². The van der Waals surface area contributed by atoms with E-state index in [1.165, 1.54) is 0 Å². The minimum absolute atomic E-state index is 0.00107. The molecule has 0 fully saturated rings. The Hall–Kier alpha value is -4.34. The van der Waals surface area contributed by atoms with E-state index < -0.39 is 12.1 Å². The molecule has 0 unspecified atom stereocenters. The number of aromatic nitrogens is 2. The minimum Gasteiger partial charge on any atom is -0.508 e. The summed E-state index contributed by atoms with van der Waals surface area (Å²) in [6, 6.07) is 20.5. The van der Waals surface area contributed by atoms with Crippen LogP contribution in [0, 0.1) is 0 Å². The molecule has 0 bridgehead atoms. The molecule has 10 heteroatoms. The number of nitrogens with one attached hydrogen (secondary N) is 1. The fourth-order valence-corrected chi connectivity index (χ4v) is 3.04. The zero-order chi connectivity index (χ0) is 24.7. The highest BCUT2D eigenvalue weighted by molar-refractivity contribution is 5.91. The lowest BCUT2D eigenvalue weighted by molar-refractivity contribution is -0.192. The Kier molecular flexibility index (Phi) is 7.52. The number of hydrogen-bond acceptors (Lipinski definition) is 5. The molecule has 3 N–H and O–H groups in total. The standard InChI is InChI=1S/C22H19N3O2.C2HF3O2/c26-18-8-9-19-20(10-11-23-21(19)13-18)24-14-16-4-6-17(7-5-16)15-25-12-2-1-3-22(25)27;3-2(4,5)1(6)7/h1-13,26H,14-15H2,(H,23,24);(H,6,7). The summed E-state index contributed by atoms with van der Waals surface area (Å²) in [6.07, 6.45) is -1.56. The van der Waals surface area contributed by atoms with Crippen LogP contribution in [-0.4, -0.2) is 31.9 Å². The Labute approximate surface area is 191 Å². The average molecular weight is 471 g/mol. The van der Waals surface area contributed by atoms with Gasteiger partial charge in [0.2, 0.25) is 0 Å². The van der Waals surface area contributed by atoms with Crippen molar-refractivity contribution in [2.75, 3.05) is 5.32 Å². The minimum atomic E-state index is -5.08. The summed E-state index contributed by atoms with van der Waals surface area (Å²) in [5.74, 6) is -2.55. The van der Waals surface area contributed by atoms with E-state index in [9.17, 15) is 23.1 Å². The molecule has 2 aromatic heterocycles. The number of phenolic OH excluding ortho intramolecular Hbond substituents is 1. The Bertz CT molecular complexity index is 1340. The van der Waals surface area contributed by atoms with Crippen LogP contribution in [0.4, 0.5) is 18.9 Å². The zero-order valence-corrected chi connectivity index (χ0v) is 17.7. The number of benzene rings is 2. The smallest absolute Gasteiger partial charge is 0.490 e. The summed E-state index contributed by atoms with van der Waals surface area (Å²) in [5.41, 5.74) is 3.95. The predicted octanol–water partition coefficient (Wildman–Crippen LogP) is 4.40. The number of carbonyl (C=O) groups is 1. The van der Waals surface area contributed by atoms with E-state index in [1.807, 2.05) is 30.3 Å². The maximum atomic E-state index is 11.8. The molecule has 0 aliphatic heterocycles. The number of hydrogen-bond donors (Lipinski definition) is 3.